The van der Waals surface area contributed by atoms with Crippen molar-refractivity contribution in [1.29, 1.82) is 0 Å². The Kier molecular flexibility index (Phi) is 5.08. The number of carbonyl (C=O) groups excluding carboxylic acids is 1. The number of rotatable bonds is 3. The quantitative estimate of drug-likeness (QED) is 0.658. The fourth-order valence-corrected chi connectivity index (χ4v) is 3.94. The molecule has 4 rings (SSSR count). The van der Waals surface area contributed by atoms with E-state index in [0.29, 0.717) is 47.1 Å². The second-order valence-corrected chi connectivity index (χ2v) is 7.32. The summed E-state index contributed by atoms with van der Waals surface area (Å²) in [4.78, 5) is 33.1. The molecule has 1 fully saturated rings. The molecule has 0 atom stereocenters. The molecule has 0 aliphatic carbocycles. The van der Waals surface area contributed by atoms with E-state index in [1.54, 1.807) is 12.3 Å². The number of amides is 1. The van der Waals surface area contributed by atoms with E-state index in [0.717, 1.165) is 12.3 Å². The lowest BCUT2D eigenvalue weighted by Crippen LogP contribution is -2.39. The molecule has 0 unspecified atom stereocenters. The number of H-pyrrole nitrogens is 1. The third-order valence-electron chi connectivity index (χ3n) is 5.36. The summed E-state index contributed by atoms with van der Waals surface area (Å²) >= 11 is 0. The lowest BCUT2D eigenvalue weighted by Gasteiger charge is -2.32. The number of nitrogens with zero attached hydrogens (tertiary/aromatic N) is 3. The van der Waals surface area contributed by atoms with Gasteiger partial charge < -0.3 is 14.5 Å². The van der Waals surface area contributed by atoms with Gasteiger partial charge in [-0.1, -0.05) is 0 Å². The zero-order valence-corrected chi connectivity index (χ0v) is 15.7. The Labute approximate surface area is 168 Å². The van der Waals surface area contributed by atoms with Crippen molar-refractivity contribution in [1.82, 2.24) is 19.4 Å². The summed E-state index contributed by atoms with van der Waals surface area (Å²) < 4.78 is 52.4. The number of alkyl halides is 3. The number of halogens is 4. The lowest BCUT2D eigenvalue weighted by molar-refractivity contribution is -0.141. The average Bonchev–Trinajstić information content (AvgIpc) is 3.17. The number of piperidine rings is 1. The molecule has 0 aromatic carbocycles. The van der Waals surface area contributed by atoms with Crippen molar-refractivity contribution in [2.75, 3.05) is 13.1 Å². The van der Waals surface area contributed by atoms with E-state index in [2.05, 4.69) is 9.97 Å². The number of likely N-dealkylation sites (tertiary alicyclic amines) is 1. The minimum Gasteiger partial charge on any atom is -0.346 e. The maximum atomic E-state index is 14.4. The van der Waals surface area contributed by atoms with Crippen molar-refractivity contribution < 1.29 is 22.4 Å². The highest BCUT2D eigenvalue weighted by Gasteiger charge is 2.30. The molecule has 1 aliphatic rings. The Morgan fingerprint density at radius 1 is 1.23 bits per heavy atom. The number of pyridine rings is 2. The summed E-state index contributed by atoms with van der Waals surface area (Å²) in [5.41, 5.74) is 0.328. The van der Waals surface area contributed by atoms with E-state index in [-0.39, 0.29) is 17.3 Å². The number of nitrogens with one attached hydrogen (secondary N) is 1. The van der Waals surface area contributed by atoms with Crippen LogP contribution in [0.2, 0.25) is 0 Å². The molecule has 3 aromatic rings. The number of carbonyl (C=O) groups is 1. The number of aromatic amines is 1. The zero-order valence-electron chi connectivity index (χ0n) is 15.7. The van der Waals surface area contributed by atoms with Gasteiger partial charge in [0.25, 0.3) is 11.5 Å². The molecule has 0 saturated carbocycles. The third-order valence-corrected chi connectivity index (χ3v) is 5.36. The van der Waals surface area contributed by atoms with Crippen LogP contribution in [0.25, 0.3) is 11.0 Å². The fourth-order valence-electron chi connectivity index (χ4n) is 3.94. The van der Waals surface area contributed by atoms with Crippen LogP contribution in [-0.4, -0.2) is 44.6 Å². The number of hydrogen-bond donors (Lipinski definition) is 1. The topological polar surface area (TPSA) is 71.0 Å². The standard InChI is InChI=1S/C20H18F4N4O2/c21-15-10-26-18-14(1-5-25-18)17(15)12-2-6-27(7-3-12)19(30)13-4-8-28(16(29)9-13)11-20(22,23)24/h1,4-5,8-10,12H,2-3,6-7,11H2,(H,25,26). The molecule has 0 spiro atoms. The normalized spacial score (nSPS) is 15.7. The van der Waals surface area contributed by atoms with Crippen LogP contribution in [0.3, 0.4) is 0 Å². The van der Waals surface area contributed by atoms with Gasteiger partial charge in [0.2, 0.25) is 0 Å². The Morgan fingerprint density at radius 3 is 2.63 bits per heavy atom. The van der Waals surface area contributed by atoms with Gasteiger partial charge in [0.15, 0.2) is 0 Å². The Balaban J connectivity index is 1.47. The Morgan fingerprint density at radius 2 is 1.97 bits per heavy atom. The summed E-state index contributed by atoms with van der Waals surface area (Å²) in [6, 6.07) is 3.91. The van der Waals surface area contributed by atoms with E-state index in [9.17, 15) is 27.2 Å². The van der Waals surface area contributed by atoms with Gasteiger partial charge in [-0.15, -0.1) is 0 Å². The Bertz CT molecular complexity index is 1140. The smallest absolute Gasteiger partial charge is 0.346 e. The largest absolute Gasteiger partial charge is 0.406 e. The number of fused-ring (bicyclic) bond motifs is 1. The summed E-state index contributed by atoms with van der Waals surface area (Å²) in [6.07, 6.45) is 0.382. The molecule has 30 heavy (non-hydrogen) atoms. The van der Waals surface area contributed by atoms with Crippen LogP contribution in [-0.2, 0) is 6.54 Å². The van der Waals surface area contributed by atoms with Crippen LogP contribution in [0.5, 0.6) is 0 Å². The summed E-state index contributed by atoms with van der Waals surface area (Å²) in [7, 11) is 0. The molecule has 1 aliphatic heterocycles. The molecule has 1 saturated heterocycles. The number of aromatic nitrogens is 3. The van der Waals surface area contributed by atoms with Gasteiger partial charge in [0.05, 0.1) is 6.20 Å². The lowest BCUT2D eigenvalue weighted by atomic mass is 9.87. The van der Waals surface area contributed by atoms with Gasteiger partial charge in [-0.2, -0.15) is 13.2 Å². The van der Waals surface area contributed by atoms with Crippen LogP contribution in [0.4, 0.5) is 17.6 Å². The molecule has 158 valence electrons. The molecule has 0 bridgehead atoms. The van der Waals surface area contributed by atoms with Gasteiger partial charge in [0.1, 0.15) is 18.0 Å². The van der Waals surface area contributed by atoms with E-state index < -0.39 is 24.2 Å². The average molecular weight is 422 g/mol. The maximum Gasteiger partial charge on any atom is 0.406 e. The third kappa shape index (κ3) is 3.94. The summed E-state index contributed by atoms with van der Waals surface area (Å²) in [5, 5.41) is 0.716. The van der Waals surface area contributed by atoms with Crippen molar-refractivity contribution in [3.05, 3.63) is 64.1 Å². The molecule has 10 heteroatoms. The number of hydrogen-bond acceptors (Lipinski definition) is 3. The minimum absolute atomic E-state index is 0.0417. The van der Waals surface area contributed by atoms with Gasteiger partial charge in [-0.25, -0.2) is 9.37 Å². The first-order chi connectivity index (χ1) is 14.2. The minimum atomic E-state index is -4.52. The highest BCUT2D eigenvalue weighted by Crippen LogP contribution is 2.34. The predicted octanol–water partition coefficient (Wildman–Crippen LogP) is 3.45. The fraction of sp³-hybridized carbons (Fsp3) is 0.350. The molecule has 4 heterocycles. The van der Waals surface area contributed by atoms with Crippen molar-refractivity contribution in [3.63, 3.8) is 0 Å². The SMILES string of the molecule is O=C(c1ccn(CC(F)(F)F)c(=O)c1)N1CCC(c2c(F)cnc3[nH]ccc23)CC1. The van der Waals surface area contributed by atoms with Crippen LogP contribution >= 0.6 is 0 Å². The highest BCUT2D eigenvalue weighted by molar-refractivity contribution is 5.94. The van der Waals surface area contributed by atoms with Crippen molar-refractivity contribution in [3.8, 4) is 0 Å². The second-order valence-electron chi connectivity index (χ2n) is 7.32. The van der Waals surface area contributed by atoms with Crippen LogP contribution in [0, 0.1) is 5.82 Å². The molecular formula is C20H18F4N4O2. The van der Waals surface area contributed by atoms with Crippen LogP contribution in [0.1, 0.15) is 34.7 Å². The van der Waals surface area contributed by atoms with Gasteiger partial charge in [0, 0.05) is 48.1 Å². The molecule has 1 N–H and O–H groups in total. The first-order valence-corrected chi connectivity index (χ1v) is 9.41. The van der Waals surface area contributed by atoms with E-state index in [1.165, 1.54) is 17.2 Å². The molecule has 6 nitrogen and oxygen atoms in total. The van der Waals surface area contributed by atoms with Crippen LogP contribution < -0.4 is 5.56 Å². The van der Waals surface area contributed by atoms with Crippen molar-refractivity contribution >= 4 is 16.9 Å². The van der Waals surface area contributed by atoms with Crippen molar-refractivity contribution in [2.45, 2.75) is 31.5 Å². The first kappa shape index (κ1) is 20.1. The van der Waals surface area contributed by atoms with Gasteiger partial charge in [-0.05, 0) is 30.9 Å². The van der Waals surface area contributed by atoms with Gasteiger partial charge >= 0.3 is 6.18 Å². The molecule has 1 amide bonds. The summed E-state index contributed by atoms with van der Waals surface area (Å²) in [6.45, 7) is -0.706. The molecular weight excluding hydrogens is 404 g/mol. The second kappa shape index (κ2) is 7.58. The van der Waals surface area contributed by atoms with E-state index in [4.69, 9.17) is 0 Å². The molecule has 0 radical (unpaired) electrons. The van der Waals surface area contributed by atoms with Gasteiger partial charge in [-0.3, -0.25) is 9.59 Å². The summed E-state index contributed by atoms with van der Waals surface area (Å²) in [5.74, 6) is -0.901. The highest BCUT2D eigenvalue weighted by atomic mass is 19.4. The van der Waals surface area contributed by atoms with Crippen LogP contribution in [0.15, 0.2) is 41.6 Å². The zero-order chi connectivity index (χ0) is 21.5. The van der Waals surface area contributed by atoms with E-state index in [1.807, 2.05) is 0 Å². The molecule has 3 aromatic heterocycles. The predicted molar refractivity (Wildman–Crippen MR) is 101 cm³/mol. The maximum absolute atomic E-state index is 14.4. The van der Waals surface area contributed by atoms with Crippen molar-refractivity contribution in [2.24, 2.45) is 0 Å². The van der Waals surface area contributed by atoms with E-state index >= 15 is 0 Å². The Hall–Kier alpha value is -3.17. The monoisotopic (exact) mass is 422 g/mol. The first-order valence-electron chi connectivity index (χ1n) is 9.41.